The molecule has 2 heterocycles. The van der Waals surface area contributed by atoms with Gasteiger partial charge in [0.15, 0.2) is 11.6 Å². The normalized spacial score (nSPS) is 15.9. The molecule has 0 spiro atoms. The van der Waals surface area contributed by atoms with E-state index in [2.05, 4.69) is 0 Å². The van der Waals surface area contributed by atoms with Crippen LogP contribution >= 0.6 is 0 Å². The van der Waals surface area contributed by atoms with Gasteiger partial charge in [0, 0.05) is 12.1 Å². The third-order valence-electron chi connectivity index (χ3n) is 4.50. The summed E-state index contributed by atoms with van der Waals surface area (Å²) in [6.45, 7) is 0.797. The summed E-state index contributed by atoms with van der Waals surface area (Å²) in [5.74, 6) is 0.0395. The third-order valence-corrected chi connectivity index (χ3v) is 4.50. The Labute approximate surface area is 128 Å². The Bertz CT molecular complexity index is 785. The molecule has 2 aliphatic heterocycles. The molecule has 0 aromatic heterocycles. The number of ether oxygens (including phenoxy) is 1. The van der Waals surface area contributed by atoms with Gasteiger partial charge in [-0.2, -0.15) is 0 Å². The van der Waals surface area contributed by atoms with Crippen LogP contribution in [0.4, 0.5) is 10.1 Å². The zero-order chi connectivity index (χ0) is 15.3. The Balaban J connectivity index is 1.89. The van der Waals surface area contributed by atoms with Crippen molar-refractivity contribution in [2.24, 2.45) is 0 Å². The third kappa shape index (κ3) is 1.83. The summed E-state index contributed by atoms with van der Waals surface area (Å²) < 4.78 is 19.6. The summed E-state index contributed by atoms with van der Waals surface area (Å²) >= 11 is 0. The van der Waals surface area contributed by atoms with Gasteiger partial charge in [-0.15, -0.1) is 0 Å². The average Bonchev–Trinajstić information content (AvgIpc) is 2.85. The zero-order valence-corrected chi connectivity index (χ0v) is 12.4. The monoisotopic (exact) mass is 297 g/mol. The number of halogens is 1. The summed E-state index contributed by atoms with van der Waals surface area (Å²) in [6.07, 6.45) is 2.32. The van der Waals surface area contributed by atoms with Crippen LogP contribution in [-0.4, -0.2) is 19.6 Å². The molecule has 112 valence electrons. The van der Waals surface area contributed by atoms with Crippen molar-refractivity contribution in [3.63, 3.8) is 0 Å². The summed E-state index contributed by atoms with van der Waals surface area (Å²) in [5.41, 5.74) is 4.56. The molecule has 0 aliphatic carbocycles. The fourth-order valence-electron chi connectivity index (χ4n) is 3.53. The lowest BCUT2D eigenvalue weighted by atomic mass is 9.93. The minimum atomic E-state index is -0.353. The van der Waals surface area contributed by atoms with Crippen LogP contribution in [0.1, 0.15) is 17.5 Å². The Hall–Kier alpha value is -2.36. The second kappa shape index (κ2) is 4.83. The fourth-order valence-corrected chi connectivity index (χ4v) is 3.53. The van der Waals surface area contributed by atoms with Gasteiger partial charge in [-0.05, 0) is 47.7 Å². The van der Waals surface area contributed by atoms with Gasteiger partial charge in [-0.25, -0.2) is 4.39 Å². The number of methoxy groups -OCH3 is 1. The van der Waals surface area contributed by atoms with Gasteiger partial charge in [-0.3, -0.25) is 4.79 Å². The van der Waals surface area contributed by atoms with E-state index in [1.165, 1.54) is 7.11 Å². The highest BCUT2D eigenvalue weighted by atomic mass is 19.1. The highest BCUT2D eigenvalue weighted by Gasteiger charge is 2.32. The molecular formula is C18H16FNO2. The Morgan fingerprint density at radius 3 is 2.86 bits per heavy atom. The number of hydrogen-bond donors (Lipinski definition) is 0. The Kier molecular flexibility index (Phi) is 2.93. The SMILES string of the molecule is COc1cccc(-c2cc3c4c(c2)CC(=O)N4CCC3)c1F. The van der Waals surface area contributed by atoms with Gasteiger partial charge < -0.3 is 9.64 Å². The number of amides is 1. The van der Waals surface area contributed by atoms with Crippen LogP contribution in [0.25, 0.3) is 11.1 Å². The molecule has 3 nitrogen and oxygen atoms in total. The van der Waals surface area contributed by atoms with Crippen molar-refractivity contribution in [3.8, 4) is 16.9 Å². The molecule has 0 bridgehead atoms. The highest BCUT2D eigenvalue weighted by Crippen LogP contribution is 2.40. The Morgan fingerprint density at radius 2 is 2.05 bits per heavy atom. The van der Waals surface area contributed by atoms with E-state index in [9.17, 15) is 9.18 Å². The predicted octanol–water partition coefficient (Wildman–Crippen LogP) is 3.34. The molecule has 4 rings (SSSR count). The van der Waals surface area contributed by atoms with Crippen LogP contribution < -0.4 is 9.64 Å². The van der Waals surface area contributed by atoms with E-state index >= 15 is 0 Å². The van der Waals surface area contributed by atoms with E-state index in [-0.39, 0.29) is 17.5 Å². The van der Waals surface area contributed by atoms with Crippen LogP contribution in [0.3, 0.4) is 0 Å². The van der Waals surface area contributed by atoms with Crippen molar-refractivity contribution < 1.29 is 13.9 Å². The van der Waals surface area contributed by atoms with Crippen LogP contribution in [0, 0.1) is 5.82 Å². The molecular weight excluding hydrogens is 281 g/mol. The van der Waals surface area contributed by atoms with Crippen molar-refractivity contribution >= 4 is 11.6 Å². The molecule has 0 saturated carbocycles. The molecule has 0 saturated heterocycles. The molecule has 0 radical (unpaired) electrons. The largest absolute Gasteiger partial charge is 0.494 e. The maximum absolute atomic E-state index is 14.5. The molecule has 0 atom stereocenters. The lowest BCUT2D eigenvalue weighted by Gasteiger charge is -2.26. The predicted molar refractivity (Wildman–Crippen MR) is 82.8 cm³/mol. The lowest BCUT2D eigenvalue weighted by Crippen LogP contribution is -2.31. The first-order chi connectivity index (χ1) is 10.7. The molecule has 2 aliphatic rings. The maximum Gasteiger partial charge on any atom is 0.231 e. The molecule has 2 aromatic rings. The number of aryl methyl sites for hydroxylation is 1. The van der Waals surface area contributed by atoms with Crippen molar-refractivity contribution in [2.45, 2.75) is 19.3 Å². The summed E-state index contributed by atoms with van der Waals surface area (Å²) in [7, 11) is 1.46. The van der Waals surface area contributed by atoms with E-state index < -0.39 is 0 Å². The highest BCUT2D eigenvalue weighted by molar-refractivity contribution is 6.03. The summed E-state index contributed by atoms with van der Waals surface area (Å²) in [4.78, 5) is 14.0. The first-order valence-corrected chi connectivity index (χ1v) is 7.48. The van der Waals surface area contributed by atoms with Crippen molar-refractivity contribution in [1.82, 2.24) is 0 Å². The number of nitrogens with zero attached hydrogens (tertiary/aromatic N) is 1. The van der Waals surface area contributed by atoms with Crippen LogP contribution in [0.5, 0.6) is 5.75 Å². The van der Waals surface area contributed by atoms with Crippen LogP contribution in [-0.2, 0) is 17.6 Å². The molecule has 4 heteroatoms. The first-order valence-electron chi connectivity index (χ1n) is 7.48. The minimum absolute atomic E-state index is 0.152. The number of anilines is 1. The minimum Gasteiger partial charge on any atom is -0.494 e. The van der Waals surface area contributed by atoms with Gasteiger partial charge in [0.05, 0.1) is 19.2 Å². The number of carbonyl (C=O) groups excluding carboxylic acids is 1. The van der Waals surface area contributed by atoms with E-state index in [4.69, 9.17) is 4.74 Å². The maximum atomic E-state index is 14.5. The quantitative estimate of drug-likeness (QED) is 0.851. The smallest absolute Gasteiger partial charge is 0.231 e. The topological polar surface area (TPSA) is 29.5 Å². The fraction of sp³-hybridized carbons (Fsp3) is 0.278. The van der Waals surface area contributed by atoms with Crippen molar-refractivity contribution in [2.75, 3.05) is 18.6 Å². The first kappa shape index (κ1) is 13.3. The van der Waals surface area contributed by atoms with E-state index in [0.717, 1.165) is 41.8 Å². The summed E-state index contributed by atoms with van der Waals surface area (Å²) in [6, 6.07) is 9.11. The van der Waals surface area contributed by atoms with Crippen LogP contribution in [0.15, 0.2) is 30.3 Å². The number of rotatable bonds is 2. The number of hydrogen-bond acceptors (Lipinski definition) is 2. The van der Waals surface area contributed by atoms with E-state index in [1.807, 2.05) is 17.0 Å². The molecule has 0 fully saturated rings. The van der Waals surface area contributed by atoms with Gasteiger partial charge in [0.1, 0.15) is 0 Å². The van der Waals surface area contributed by atoms with Crippen LogP contribution in [0.2, 0.25) is 0 Å². The lowest BCUT2D eigenvalue weighted by molar-refractivity contribution is -0.117. The summed E-state index contributed by atoms with van der Waals surface area (Å²) in [5, 5.41) is 0. The average molecular weight is 297 g/mol. The van der Waals surface area contributed by atoms with Gasteiger partial charge >= 0.3 is 0 Å². The van der Waals surface area contributed by atoms with Gasteiger partial charge in [-0.1, -0.05) is 12.1 Å². The number of carbonyl (C=O) groups is 1. The zero-order valence-electron chi connectivity index (χ0n) is 12.4. The molecule has 0 unspecified atom stereocenters. The van der Waals surface area contributed by atoms with Gasteiger partial charge in [0.25, 0.3) is 0 Å². The molecule has 2 aromatic carbocycles. The Morgan fingerprint density at radius 1 is 1.23 bits per heavy atom. The standard InChI is InChI=1S/C18H16FNO2/c1-22-15-6-2-5-14(17(15)19)12-8-11-4-3-7-20-16(21)10-13(9-12)18(11)20/h2,5-6,8-9H,3-4,7,10H2,1H3. The second-order valence-electron chi connectivity index (χ2n) is 5.79. The van der Waals surface area contributed by atoms with E-state index in [0.29, 0.717) is 12.0 Å². The number of benzene rings is 2. The molecule has 0 N–H and O–H groups in total. The van der Waals surface area contributed by atoms with E-state index in [1.54, 1.807) is 18.2 Å². The van der Waals surface area contributed by atoms with Gasteiger partial charge in [0.2, 0.25) is 5.91 Å². The van der Waals surface area contributed by atoms with Crippen molar-refractivity contribution in [3.05, 3.63) is 47.3 Å². The molecule has 22 heavy (non-hydrogen) atoms. The van der Waals surface area contributed by atoms with Crippen molar-refractivity contribution in [1.29, 1.82) is 0 Å². The molecule has 1 amide bonds. The second-order valence-corrected chi connectivity index (χ2v) is 5.79.